The monoisotopic (exact) mass is 465 g/mol. The number of carbonyl (C=O) groups is 1. The summed E-state index contributed by atoms with van der Waals surface area (Å²) in [7, 11) is 0. The molecule has 3 aromatic carbocycles. The van der Waals surface area contributed by atoms with Crippen LogP contribution in [0.2, 0.25) is 0 Å². The van der Waals surface area contributed by atoms with E-state index in [0.717, 1.165) is 5.56 Å². The molecule has 34 heavy (non-hydrogen) atoms. The standard InChI is InChI=1S/C25H21F2N3O4/c26-24(27)34-18-11-9-17(10-12-18)22-19(16-5-2-1-3-6-16)15-30(29-22)25(31)28-20-7-4-8-21-23(20)33-14-13-32-21/h1-12,19,24H,13-15H2,(H,28,31). The molecule has 2 aliphatic heterocycles. The molecule has 9 heteroatoms. The van der Waals surface area contributed by atoms with Crippen LogP contribution in [0.5, 0.6) is 17.2 Å². The topological polar surface area (TPSA) is 72.4 Å². The molecule has 0 radical (unpaired) electrons. The van der Waals surface area contributed by atoms with Crippen molar-refractivity contribution in [3.63, 3.8) is 0 Å². The van der Waals surface area contributed by atoms with Gasteiger partial charge in [0.2, 0.25) is 0 Å². The van der Waals surface area contributed by atoms with Gasteiger partial charge in [-0.3, -0.25) is 0 Å². The van der Waals surface area contributed by atoms with Gasteiger partial charge in [-0.1, -0.05) is 36.4 Å². The van der Waals surface area contributed by atoms with Crippen LogP contribution in [0.1, 0.15) is 17.0 Å². The number of carbonyl (C=O) groups excluding carboxylic acids is 1. The lowest BCUT2D eigenvalue weighted by molar-refractivity contribution is -0.0498. The third kappa shape index (κ3) is 4.50. The first kappa shape index (κ1) is 21.7. The van der Waals surface area contributed by atoms with Crippen LogP contribution < -0.4 is 19.5 Å². The van der Waals surface area contributed by atoms with Crippen molar-refractivity contribution in [2.75, 3.05) is 25.1 Å². The second-order valence-corrected chi connectivity index (χ2v) is 7.69. The van der Waals surface area contributed by atoms with Crippen LogP contribution in [-0.4, -0.2) is 43.1 Å². The van der Waals surface area contributed by atoms with E-state index in [0.29, 0.717) is 48.2 Å². The Morgan fingerprint density at radius 2 is 1.76 bits per heavy atom. The number of ether oxygens (including phenoxy) is 3. The highest BCUT2D eigenvalue weighted by Crippen LogP contribution is 2.38. The van der Waals surface area contributed by atoms with Crippen LogP contribution in [0.3, 0.4) is 0 Å². The molecule has 1 unspecified atom stereocenters. The molecule has 7 nitrogen and oxygen atoms in total. The Kier molecular flexibility index (Phi) is 5.99. The molecule has 0 saturated heterocycles. The second-order valence-electron chi connectivity index (χ2n) is 7.69. The number of nitrogens with zero attached hydrogens (tertiary/aromatic N) is 2. The Morgan fingerprint density at radius 1 is 1.00 bits per heavy atom. The molecular weight excluding hydrogens is 444 g/mol. The molecule has 1 atom stereocenters. The van der Waals surface area contributed by atoms with Crippen molar-refractivity contribution in [3.05, 3.63) is 83.9 Å². The normalized spacial score (nSPS) is 16.9. The zero-order valence-corrected chi connectivity index (χ0v) is 18.0. The number of fused-ring (bicyclic) bond motifs is 1. The van der Waals surface area contributed by atoms with E-state index in [9.17, 15) is 13.6 Å². The molecule has 2 heterocycles. The number of benzene rings is 3. The summed E-state index contributed by atoms with van der Waals surface area (Å²) in [6.07, 6.45) is 0. The van der Waals surface area contributed by atoms with Crippen molar-refractivity contribution >= 4 is 17.4 Å². The van der Waals surface area contributed by atoms with Gasteiger partial charge in [0.05, 0.1) is 17.9 Å². The molecule has 0 spiro atoms. The second kappa shape index (κ2) is 9.38. The minimum absolute atomic E-state index is 0.0549. The number of hydrazone groups is 1. The number of anilines is 1. The SMILES string of the molecule is O=C(Nc1cccc2c1OCCO2)N1CC(c2ccccc2)C(c2ccc(OC(F)F)cc2)=N1. The average molecular weight is 465 g/mol. The van der Waals surface area contributed by atoms with E-state index in [1.165, 1.54) is 17.1 Å². The fourth-order valence-corrected chi connectivity index (χ4v) is 3.99. The van der Waals surface area contributed by atoms with Crippen molar-refractivity contribution in [1.82, 2.24) is 5.01 Å². The predicted octanol–water partition coefficient (Wildman–Crippen LogP) is 5.09. The molecule has 0 bridgehead atoms. The van der Waals surface area contributed by atoms with Gasteiger partial charge in [0.25, 0.3) is 0 Å². The van der Waals surface area contributed by atoms with Crippen molar-refractivity contribution in [3.8, 4) is 17.2 Å². The maximum Gasteiger partial charge on any atom is 0.387 e. The highest BCUT2D eigenvalue weighted by Gasteiger charge is 2.33. The van der Waals surface area contributed by atoms with Gasteiger partial charge in [-0.05, 0) is 47.5 Å². The summed E-state index contributed by atoms with van der Waals surface area (Å²) >= 11 is 0. The maximum atomic E-state index is 13.1. The predicted molar refractivity (Wildman–Crippen MR) is 122 cm³/mol. The van der Waals surface area contributed by atoms with E-state index in [1.54, 1.807) is 30.3 Å². The van der Waals surface area contributed by atoms with Gasteiger partial charge >= 0.3 is 12.6 Å². The Hall–Kier alpha value is -4.14. The van der Waals surface area contributed by atoms with Crippen molar-refractivity contribution in [2.24, 2.45) is 5.10 Å². The van der Waals surface area contributed by atoms with E-state index in [2.05, 4.69) is 15.2 Å². The van der Waals surface area contributed by atoms with Crippen molar-refractivity contribution in [2.45, 2.75) is 12.5 Å². The lowest BCUT2D eigenvalue weighted by atomic mass is 9.90. The fraction of sp³-hybridized carbons (Fsp3) is 0.200. The number of urea groups is 1. The smallest absolute Gasteiger partial charge is 0.387 e. The first-order chi connectivity index (χ1) is 16.6. The quantitative estimate of drug-likeness (QED) is 0.570. The Morgan fingerprint density at radius 3 is 2.53 bits per heavy atom. The minimum atomic E-state index is -2.90. The lowest BCUT2D eigenvalue weighted by Crippen LogP contribution is -2.30. The number of hydrogen-bond acceptors (Lipinski definition) is 5. The van der Waals surface area contributed by atoms with E-state index in [1.807, 2.05) is 30.3 Å². The summed E-state index contributed by atoms with van der Waals surface area (Å²) in [6.45, 7) is -1.74. The Balaban J connectivity index is 1.42. The van der Waals surface area contributed by atoms with Crippen molar-refractivity contribution < 1.29 is 27.8 Å². The Bertz CT molecular complexity index is 1200. The molecule has 1 N–H and O–H groups in total. The number of hydrogen-bond donors (Lipinski definition) is 1. The summed E-state index contributed by atoms with van der Waals surface area (Å²) < 4.78 is 40.7. The molecule has 5 rings (SSSR count). The maximum absolute atomic E-state index is 13.1. The van der Waals surface area contributed by atoms with Gasteiger partial charge in [-0.25, -0.2) is 9.80 Å². The minimum Gasteiger partial charge on any atom is -0.486 e. The van der Waals surface area contributed by atoms with E-state index in [4.69, 9.17) is 9.47 Å². The van der Waals surface area contributed by atoms with Gasteiger partial charge in [0, 0.05) is 5.92 Å². The molecule has 0 saturated carbocycles. The molecule has 174 valence electrons. The van der Waals surface area contributed by atoms with Crippen LogP contribution in [0.15, 0.2) is 77.9 Å². The number of rotatable bonds is 5. The molecule has 0 aliphatic carbocycles. The van der Waals surface area contributed by atoms with E-state index in [-0.39, 0.29) is 11.7 Å². The molecule has 2 aliphatic rings. The number of nitrogens with one attached hydrogen (secondary N) is 1. The highest BCUT2D eigenvalue weighted by molar-refractivity contribution is 6.08. The van der Waals surface area contributed by atoms with Crippen molar-refractivity contribution in [1.29, 1.82) is 0 Å². The van der Waals surface area contributed by atoms with Crippen LogP contribution in [0, 0.1) is 0 Å². The number of para-hydroxylation sites is 1. The van der Waals surface area contributed by atoms with Crippen LogP contribution in [-0.2, 0) is 0 Å². The number of amides is 2. The molecule has 3 aromatic rings. The molecule has 0 aromatic heterocycles. The number of alkyl halides is 2. The zero-order chi connectivity index (χ0) is 23.5. The van der Waals surface area contributed by atoms with Crippen LogP contribution >= 0.6 is 0 Å². The lowest BCUT2D eigenvalue weighted by Gasteiger charge is -2.22. The van der Waals surface area contributed by atoms with E-state index < -0.39 is 12.6 Å². The fourth-order valence-electron chi connectivity index (χ4n) is 3.99. The van der Waals surface area contributed by atoms with Gasteiger partial charge in [-0.15, -0.1) is 0 Å². The van der Waals surface area contributed by atoms with Crippen LogP contribution in [0.25, 0.3) is 0 Å². The summed E-state index contributed by atoms with van der Waals surface area (Å²) in [5, 5.41) is 8.81. The summed E-state index contributed by atoms with van der Waals surface area (Å²) in [6, 6.07) is 20.8. The van der Waals surface area contributed by atoms with Gasteiger partial charge in [-0.2, -0.15) is 13.9 Å². The zero-order valence-electron chi connectivity index (χ0n) is 18.0. The Labute approximate surface area is 194 Å². The largest absolute Gasteiger partial charge is 0.486 e. The highest BCUT2D eigenvalue weighted by atomic mass is 19.3. The van der Waals surface area contributed by atoms with Gasteiger partial charge in [0.15, 0.2) is 11.5 Å². The summed E-state index contributed by atoms with van der Waals surface area (Å²) in [5.41, 5.74) is 2.84. The number of halogens is 2. The molecular formula is C25H21F2N3O4. The summed E-state index contributed by atoms with van der Waals surface area (Å²) in [5.74, 6) is 0.917. The van der Waals surface area contributed by atoms with E-state index >= 15 is 0 Å². The first-order valence-corrected chi connectivity index (χ1v) is 10.7. The third-order valence-corrected chi connectivity index (χ3v) is 5.53. The molecule has 2 amide bonds. The average Bonchev–Trinajstić information content (AvgIpc) is 3.31. The molecule has 0 fully saturated rings. The van der Waals surface area contributed by atoms with Gasteiger partial charge in [0.1, 0.15) is 19.0 Å². The third-order valence-electron chi connectivity index (χ3n) is 5.53. The van der Waals surface area contributed by atoms with Crippen LogP contribution in [0.4, 0.5) is 19.3 Å². The van der Waals surface area contributed by atoms with Gasteiger partial charge < -0.3 is 19.5 Å². The first-order valence-electron chi connectivity index (χ1n) is 10.7. The summed E-state index contributed by atoms with van der Waals surface area (Å²) in [4.78, 5) is 13.1.